The fraction of sp³-hybridized carbons (Fsp3) is 0.182. The smallest absolute Gasteiger partial charge is 0.340 e. The van der Waals surface area contributed by atoms with Crippen molar-refractivity contribution in [2.45, 2.75) is 40.2 Å². The number of nitrogens with one attached hydrogen (secondary N) is 2. The number of hydrogen-bond donors (Lipinski definition) is 3. The molecule has 2 aromatic heterocycles. The number of rotatable bonds is 10. The van der Waals surface area contributed by atoms with Crippen LogP contribution in [0.5, 0.6) is 11.5 Å². The Morgan fingerprint density at radius 1 is 0.643 bits per heavy atom. The molecule has 4 aromatic carbocycles. The lowest BCUT2D eigenvalue weighted by Crippen LogP contribution is -2.24. The fourth-order valence-electron chi connectivity index (χ4n) is 5.70. The molecule has 0 bridgehead atoms. The molecule has 0 aliphatic carbocycles. The van der Waals surface area contributed by atoms with Crippen LogP contribution < -0.4 is 20.1 Å². The highest BCUT2D eigenvalue weighted by atomic mass is 19.1. The monoisotopic (exact) mass is 760 g/mol. The number of esters is 1. The van der Waals surface area contributed by atoms with Crippen LogP contribution in [0.4, 0.5) is 31.5 Å². The van der Waals surface area contributed by atoms with Crippen molar-refractivity contribution in [2.75, 3.05) is 24.9 Å². The van der Waals surface area contributed by atoms with Gasteiger partial charge in [-0.2, -0.15) is 0 Å². The van der Waals surface area contributed by atoms with Crippen LogP contribution in [-0.4, -0.2) is 46.8 Å². The molecule has 0 saturated heterocycles. The lowest BCUT2D eigenvalue weighted by atomic mass is 10.1. The maximum absolute atomic E-state index is 14.6. The van der Waals surface area contributed by atoms with Gasteiger partial charge in [-0.3, -0.25) is 9.97 Å². The molecule has 56 heavy (non-hydrogen) atoms. The number of ether oxygens (including phenoxy) is 3. The van der Waals surface area contributed by atoms with Gasteiger partial charge >= 0.3 is 11.9 Å². The predicted octanol–water partition coefficient (Wildman–Crippen LogP) is 10.6. The first kappa shape index (κ1) is 40.4. The number of hydrogen-bond acceptors (Lipinski definition) is 9. The third-order valence-corrected chi connectivity index (χ3v) is 8.26. The second-order valence-corrected chi connectivity index (χ2v) is 13.6. The van der Waals surface area contributed by atoms with E-state index in [9.17, 15) is 23.5 Å². The highest BCUT2D eigenvalue weighted by molar-refractivity contribution is 5.97. The third-order valence-electron chi connectivity index (χ3n) is 8.26. The number of carboxylic acid groups (broad SMARTS) is 1. The summed E-state index contributed by atoms with van der Waals surface area (Å²) in [5.74, 6) is -1.52. The first-order valence-corrected chi connectivity index (χ1v) is 17.5. The lowest BCUT2D eigenvalue weighted by molar-refractivity contribution is 0.00700. The summed E-state index contributed by atoms with van der Waals surface area (Å²) >= 11 is 0. The highest BCUT2D eigenvalue weighted by Crippen LogP contribution is 2.32. The van der Waals surface area contributed by atoms with E-state index in [-0.39, 0.29) is 22.5 Å². The van der Waals surface area contributed by atoms with Crippen LogP contribution in [-0.2, 0) is 4.74 Å². The maximum Gasteiger partial charge on any atom is 0.340 e. The normalized spacial score (nSPS) is 10.8. The summed E-state index contributed by atoms with van der Waals surface area (Å²) in [4.78, 5) is 32.8. The summed E-state index contributed by atoms with van der Waals surface area (Å²) in [5.41, 5.74) is 5.45. The number of halogens is 2. The second-order valence-electron chi connectivity index (χ2n) is 13.6. The van der Waals surface area contributed by atoms with Gasteiger partial charge in [-0.15, -0.1) is 0 Å². The minimum atomic E-state index is -1.20. The molecular formula is C44H42F2N4O6. The maximum atomic E-state index is 14.6. The molecule has 0 atom stereocenters. The SMILES string of the molecule is COc1cccc(-c2ncc(Nc3c(F)cccc3C(=O)O)cc2C)c1.COc1cccc(-c2ncc(Nc3c(F)cccc3C(=O)OC(C)(C)C)cc2C)c1. The van der Waals surface area contributed by atoms with E-state index in [2.05, 4.69) is 20.6 Å². The van der Waals surface area contributed by atoms with Gasteiger partial charge in [-0.25, -0.2) is 18.4 Å². The Morgan fingerprint density at radius 2 is 1.07 bits per heavy atom. The number of aromatic carboxylic acids is 1. The topological polar surface area (TPSA) is 132 Å². The second kappa shape index (κ2) is 17.5. The van der Waals surface area contributed by atoms with Crippen LogP contribution in [0.15, 0.2) is 109 Å². The number of carbonyl (C=O) groups excluding carboxylic acids is 1. The first-order chi connectivity index (χ1) is 26.7. The molecular weight excluding hydrogens is 719 g/mol. The summed E-state index contributed by atoms with van der Waals surface area (Å²) in [6.07, 6.45) is 3.15. The van der Waals surface area contributed by atoms with Crippen molar-refractivity contribution in [1.82, 2.24) is 9.97 Å². The highest BCUT2D eigenvalue weighted by Gasteiger charge is 2.23. The molecule has 0 saturated carbocycles. The van der Waals surface area contributed by atoms with E-state index >= 15 is 0 Å². The van der Waals surface area contributed by atoms with E-state index in [1.807, 2.05) is 68.4 Å². The minimum absolute atomic E-state index is 0.0575. The van der Waals surface area contributed by atoms with Gasteiger partial charge in [0.2, 0.25) is 0 Å². The van der Waals surface area contributed by atoms with Gasteiger partial charge in [0.1, 0.15) is 28.7 Å². The Bertz CT molecular complexity index is 2380. The summed E-state index contributed by atoms with van der Waals surface area (Å²) in [6, 6.07) is 27.0. The van der Waals surface area contributed by atoms with Crippen molar-refractivity contribution in [3.05, 3.63) is 143 Å². The van der Waals surface area contributed by atoms with Crippen LogP contribution in [0, 0.1) is 25.5 Å². The van der Waals surface area contributed by atoms with Crippen molar-refractivity contribution in [3.8, 4) is 34.0 Å². The van der Waals surface area contributed by atoms with Gasteiger partial charge in [0.25, 0.3) is 0 Å². The summed E-state index contributed by atoms with van der Waals surface area (Å²) in [7, 11) is 3.21. The number of carbonyl (C=O) groups is 2. The van der Waals surface area contributed by atoms with Gasteiger partial charge in [-0.05, 0) is 106 Å². The van der Waals surface area contributed by atoms with Crippen molar-refractivity contribution in [3.63, 3.8) is 0 Å². The van der Waals surface area contributed by atoms with Crippen LogP contribution in [0.3, 0.4) is 0 Å². The molecule has 10 nitrogen and oxygen atoms in total. The number of methoxy groups -OCH3 is 2. The Morgan fingerprint density at radius 3 is 1.48 bits per heavy atom. The fourth-order valence-corrected chi connectivity index (χ4v) is 5.70. The molecule has 12 heteroatoms. The van der Waals surface area contributed by atoms with Crippen molar-refractivity contribution in [1.29, 1.82) is 0 Å². The van der Waals surface area contributed by atoms with Crippen LogP contribution >= 0.6 is 0 Å². The quantitative estimate of drug-likeness (QED) is 0.116. The van der Waals surface area contributed by atoms with E-state index in [0.29, 0.717) is 11.4 Å². The number of para-hydroxylation sites is 2. The molecule has 288 valence electrons. The molecule has 6 rings (SSSR count). The number of benzene rings is 4. The molecule has 2 heterocycles. The van der Waals surface area contributed by atoms with E-state index in [0.717, 1.165) is 45.1 Å². The van der Waals surface area contributed by atoms with E-state index in [1.54, 1.807) is 53.5 Å². The molecule has 0 fully saturated rings. The van der Waals surface area contributed by atoms with Gasteiger partial charge in [0.15, 0.2) is 0 Å². The summed E-state index contributed by atoms with van der Waals surface area (Å²) in [5, 5.41) is 15.0. The zero-order chi connectivity index (χ0) is 40.6. The molecule has 3 N–H and O–H groups in total. The molecule has 0 amide bonds. The number of carboxylic acids is 1. The van der Waals surface area contributed by atoms with Crippen LogP contribution in [0.25, 0.3) is 22.5 Å². The van der Waals surface area contributed by atoms with E-state index < -0.39 is 29.2 Å². The van der Waals surface area contributed by atoms with Gasteiger partial charge < -0.3 is 30.0 Å². The van der Waals surface area contributed by atoms with Gasteiger partial charge in [0, 0.05) is 11.1 Å². The number of pyridine rings is 2. The molecule has 0 spiro atoms. The molecule has 0 aliphatic heterocycles. The Balaban J connectivity index is 0.000000216. The third kappa shape index (κ3) is 10.0. The lowest BCUT2D eigenvalue weighted by Gasteiger charge is -2.21. The molecule has 0 unspecified atom stereocenters. The minimum Gasteiger partial charge on any atom is -0.497 e. The van der Waals surface area contributed by atoms with Crippen molar-refractivity contribution < 1.29 is 37.7 Å². The number of anilines is 4. The summed E-state index contributed by atoms with van der Waals surface area (Å²) in [6.45, 7) is 9.10. The van der Waals surface area contributed by atoms with E-state index in [4.69, 9.17) is 14.2 Å². The van der Waals surface area contributed by atoms with E-state index in [1.165, 1.54) is 36.4 Å². The van der Waals surface area contributed by atoms with Gasteiger partial charge in [-0.1, -0.05) is 36.4 Å². The van der Waals surface area contributed by atoms with Crippen LogP contribution in [0.2, 0.25) is 0 Å². The average Bonchev–Trinajstić information content (AvgIpc) is 3.16. The zero-order valence-corrected chi connectivity index (χ0v) is 32.0. The first-order valence-electron chi connectivity index (χ1n) is 17.5. The Kier molecular flexibility index (Phi) is 12.6. The standard InChI is InChI=1S/C24H25FN2O3.C20H17FN2O3/c1-15-12-17(14-26-21(15)16-8-6-9-18(13-16)29-5)27-22-19(10-7-11-20(22)25)23(28)30-24(2,3)4;1-12-9-14(23-19-16(20(24)25)7-4-8-17(19)21)11-22-18(12)13-5-3-6-15(10-13)26-2/h6-14,27H,1-5H3;3-11,23H,1-2H3,(H,24,25). The zero-order valence-electron chi connectivity index (χ0n) is 32.0. The number of aromatic nitrogens is 2. The molecule has 0 radical (unpaired) electrons. The van der Waals surface area contributed by atoms with Crippen molar-refractivity contribution >= 4 is 34.7 Å². The van der Waals surface area contributed by atoms with Gasteiger partial charge in [0.05, 0.1) is 71.9 Å². The Hall–Kier alpha value is -6.82. The van der Waals surface area contributed by atoms with Crippen molar-refractivity contribution in [2.24, 2.45) is 0 Å². The average molecular weight is 761 g/mol. The Labute approximate surface area is 324 Å². The molecule has 6 aromatic rings. The van der Waals surface area contributed by atoms with Crippen LogP contribution in [0.1, 0.15) is 52.6 Å². The predicted molar refractivity (Wildman–Crippen MR) is 213 cm³/mol. The number of nitrogens with zero attached hydrogens (tertiary/aromatic N) is 2. The largest absolute Gasteiger partial charge is 0.497 e. The summed E-state index contributed by atoms with van der Waals surface area (Å²) < 4.78 is 44.5. The molecule has 0 aliphatic rings. The number of aryl methyl sites for hydroxylation is 2.